The molecular formula is C8H12O6. The smallest absolute Gasteiger partial charge is 0.309 e. The van der Waals surface area contributed by atoms with E-state index in [1.807, 2.05) is 0 Å². The molecule has 6 heteroatoms. The van der Waals surface area contributed by atoms with E-state index < -0.39 is 30.4 Å². The molecule has 0 aromatic rings. The maximum atomic E-state index is 10.9. The Bertz CT molecular complexity index is 218. The van der Waals surface area contributed by atoms with Crippen LogP contribution in [0.4, 0.5) is 0 Å². The minimum atomic E-state index is -1.42. The van der Waals surface area contributed by atoms with Gasteiger partial charge in [0.25, 0.3) is 6.29 Å². The Morgan fingerprint density at radius 1 is 1.21 bits per heavy atom. The number of aliphatic hydroxyl groups is 2. The van der Waals surface area contributed by atoms with Crippen molar-refractivity contribution in [3.63, 3.8) is 0 Å². The van der Waals surface area contributed by atoms with Gasteiger partial charge in [0.05, 0.1) is 18.9 Å². The van der Waals surface area contributed by atoms with Crippen molar-refractivity contribution in [2.75, 3.05) is 0 Å². The van der Waals surface area contributed by atoms with E-state index in [1.165, 1.54) is 6.92 Å². The van der Waals surface area contributed by atoms with Crippen molar-refractivity contribution < 1.29 is 29.3 Å². The molecular weight excluding hydrogens is 192 g/mol. The number of hydrogen-bond donors (Lipinski definition) is 2. The Morgan fingerprint density at radius 2 is 1.64 bits per heavy atom. The number of esters is 2. The molecule has 1 aliphatic heterocycles. The highest BCUT2D eigenvalue weighted by atomic mass is 16.7. The third-order valence-corrected chi connectivity index (χ3v) is 1.80. The lowest BCUT2D eigenvalue weighted by molar-refractivity contribution is -0.209. The van der Waals surface area contributed by atoms with Gasteiger partial charge in [0.1, 0.15) is 0 Å². The SMILES string of the molecule is CC(O)C(O)C1OC(=O)CCC(=O)O1. The van der Waals surface area contributed by atoms with Gasteiger partial charge >= 0.3 is 11.9 Å². The molecule has 0 bridgehead atoms. The van der Waals surface area contributed by atoms with Crippen LogP contribution in [0.25, 0.3) is 0 Å². The van der Waals surface area contributed by atoms with Crippen molar-refractivity contribution in [1.29, 1.82) is 0 Å². The number of rotatable bonds is 2. The van der Waals surface area contributed by atoms with E-state index in [-0.39, 0.29) is 12.8 Å². The molecule has 1 fully saturated rings. The molecule has 0 aromatic heterocycles. The minimum absolute atomic E-state index is 0.0676. The van der Waals surface area contributed by atoms with Gasteiger partial charge in [-0.15, -0.1) is 0 Å². The fraction of sp³-hybridized carbons (Fsp3) is 0.750. The standard InChI is InChI=1S/C8H12O6/c1-4(9)7(12)8-13-5(10)2-3-6(11)14-8/h4,7-9,12H,2-3H2,1H3. The molecule has 14 heavy (non-hydrogen) atoms. The molecule has 0 spiro atoms. The lowest BCUT2D eigenvalue weighted by Gasteiger charge is -2.22. The van der Waals surface area contributed by atoms with E-state index >= 15 is 0 Å². The van der Waals surface area contributed by atoms with Crippen LogP contribution in [0, 0.1) is 0 Å². The van der Waals surface area contributed by atoms with Crippen LogP contribution in [-0.2, 0) is 19.1 Å². The van der Waals surface area contributed by atoms with Crippen LogP contribution in [0.5, 0.6) is 0 Å². The highest BCUT2D eigenvalue weighted by molar-refractivity contribution is 5.79. The zero-order valence-corrected chi connectivity index (χ0v) is 7.67. The Morgan fingerprint density at radius 3 is 2.00 bits per heavy atom. The molecule has 0 aliphatic carbocycles. The molecule has 2 atom stereocenters. The molecule has 1 saturated heterocycles. The fourth-order valence-electron chi connectivity index (χ4n) is 0.972. The summed E-state index contributed by atoms with van der Waals surface area (Å²) in [5.74, 6) is -1.25. The van der Waals surface area contributed by atoms with Crippen LogP contribution < -0.4 is 0 Å². The number of cyclic esters (lactones) is 2. The van der Waals surface area contributed by atoms with Crippen LogP contribution in [0.15, 0.2) is 0 Å². The van der Waals surface area contributed by atoms with Crippen molar-refractivity contribution >= 4 is 11.9 Å². The first kappa shape index (κ1) is 10.9. The van der Waals surface area contributed by atoms with E-state index in [0.29, 0.717) is 0 Å². The van der Waals surface area contributed by atoms with Crippen LogP contribution in [0.1, 0.15) is 19.8 Å². The zero-order valence-electron chi connectivity index (χ0n) is 7.67. The highest BCUT2D eigenvalue weighted by Crippen LogP contribution is 2.13. The van der Waals surface area contributed by atoms with Gasteiger partial charge < -0.3 is 19.7 Å². The average molecular weight is 204 g/mol. The minimum Gasteiger partial charge on any atom is -0.422 e. The summed E-state index contributed by atoms with van der Waals surface area (Å²) in [4.78, 5) is 21.8. The van der Waals surface area contributed by atoms with Crippen LogP contribution in [0.2, 0.25) is 0 Å². The van der Waals surface area contributed by atoms with Gasteiger partial charge in [-0.05, 0) is 6.92 Å². The monoisotopic (exact) mass is 204 g/mol. The fourth-order valence-corrected chi connectivity index (χ4v) is 0.972. The zero-order chi connectivity index (χ0) is 10.7. The molecule has 0 aromatic carbocycles. The second kappa shape index (κ2) is 4.39. The highest BCUT2D eigenvalue weighted by Gasteiger charge is 2.33. The van der Waals surface area contributed by atoms with Crippen molar-refractivity contribution in [3.05, 3.63) is 0 Å². The lowest BCUT2D eigenvalue weighted by atomic mass is 10.2. The quantitative estimate of drug-likeness (QED) is 0.556. The van der Waals surface area contributed by atoms with Crippen LogP contribution >= 0.6 is 0 Å². The molecule has 0 amide bonds. The van der Waals surface area contributed by atoms with Gasteiger partial charge in [-0.2, -0.15) is 0 Å². The number of hydrogen-bond acceptors (Lipinski definition) is 6. The first-order chi connectivity index (χ1) is 6.50. The Hall–Kier alpha value is -1.14. The van der Waals surface area contributed by atoms with Gasteiger partial charge in [-0.1, -0.05) is 0 Å². The van der Waals surface area contributed by atoms with Crippen molar-refractivity contribution in [2.45, 2.75) is 38.3 Å². The van der Waals surface area contributed by atoms with Crippen LogP contribution in [-0.4, -0.2) is 40.6 Å². The van der Waals surface area contributed by atoms with E-state index in [0.717, 1.165) is 0 Å². The van der Waals surface area contributed by atoms with Gasteiger partial charge in [-0.3, -0.25) is 9.59 Å². The third kappa shape index (κ3) is 2.68. The molecule has 80 valence electrons. The summed E-state index contributed by atoms with van der Waals surface area (Å²) in [6.45, 7) is 1.30. The summed E-state index contributed by atoms with van der Waals surface area (Å²) in [6.07, 6.45) is -4.10. The largest absolute Gasteiger partial charge is 0.422 e. The first-order valence-corrected chi connectivity index (χ1v) is 4.26. The number of carbonyl (C=O) groups excluding carboxylic acids is 2. The maximum absolute atomic E-state index is 10.9. The van der Waals surface area contributed by atoms with Crippen LogP contribution in [0.3, 0.4) is 0 Å². The summed E-state index contributed by atoms with van der Waals surface area (Å²) >= 11 is 0. The Balaban J connectivity index is 2.66. The number of ether oxygens (including phenoxy) is 2. The number of carbonyl (C=O) groups is 2. The summed E-state index contributed by atoms with van der Waals surface area (Å²) in [6, 6.07) is 0. The van der Waals surface area contributed by atoms with Gasteiger partial charge in [-0.25, -0.2) is 0 Å². The second-order valence-corrected chi connectivity index (χ2v) is 3.08. The molecule has 2 N–H and O–H groups in total. The normalized spacial score (nSPS) is 23.4. The van der Waals surface area contributed by atoms with E-state index in [9.17, 15) is 14.7 Å². The van der Waals surface area contributed by atoms with E-state index in [4.69, 9.17) is 5.11 Å². The Kier molecular flexibility index (Phi) is 3.43. The van der Waals surface area contributed by atoms with E-state index in [1.54, 1.807) is 0 Å². The molecule has 6 nitrogen and oxygen atoms in total. The predicted molar refractivity (Wildman–Crippen MR) is 42.9 cm³/mol. The average Bonchev–Trinajstić information content (AvgIpc) is 2.27. The van der Waals surface area contributed by atoms with Gasteiger partial charge in [0, 0.05) is 0 Å². The summed E-state index contributed by atoms with van der Waals surface area (Å²) in [7, 11) is 0. The maximum Gasteiger partial charge on any atom is 0.309 e. The molecule has 2 unspecified atom stereocenters. The molecule has 1 aliphatic rings. The summed E-state index contributed by atoms with van der Waals surface area (Å²) in [5, 5.41) is 18.3. The first-order valence-electron chi connectivity index (χ1n) is 4.26. The Labute approximate surface area is 80.4 Å². The second-order valence-electron chi connectivity index (χ2n) is 3.08. The topological polar surface area (TPSA) is 93.1 Å². The molecule has 1 heterocycles. The summed E-state index contributed by atoms with van der Waals surface area (Å²) < 4.78 is 9.23. The third-order valence-electron chi connectivity index (χ3n) is 1.80. The van der Waals surface area contributed by atoms with Crippen molar-refractivity contribution in [3.8, 4) is 0 Å². The predicted octanol–water partition coefficient (Wildman–Crippen LogP) is -1.07. The molecule has 0 saturated carbocycles. The molecule has 0 radical (unpaired) electrons. The van der Waals surface area contributed by atoms with Gasteiger partial charge in [0.15, 0.2) is 6.10 Å². The lowest BCUT2D eigenvalue weighted by Crippen LogP contribution is -2.40. The number of aliphatic hydroxyl groups excluding tert-OH is 2. The van der Waals surface area contributed by atoms with Crippen molar-refractivity contribution in [2.24, 2.45) is 0 Å². The van der Waals surface area contributed by atoms with Gasteiger partial charge in [0.2, 0.25) is 0 Å². The van der Waals surface area contributed by atoms with Crippen molar-refractivity contribution in [1.82, 2.24) is 0 Å². The molecule has 1 rings (SSSR count). The van der Waals surface area contributed by atoms with E-state index in [2.05, 4.69) is 9.47 Å². The summed E-state index contributed by atoms with van der Waals surface area (Å²) in [5.41, 5.74) is 0.